The van der Waals surface area contributed by atoms with Crippen LogP contribution in [0.5, 0.6) is 0 Å². The SMILES string of the molecule is Cc1cncc(C(=O)NC2(C#N)CCCC2)c1. The molecule has 1 aliphatic carbocycles. The number of aromatic nitrogens is 1. The third-order valence-electron chi connectivity index (χ3n) is 3.16. The van der Waals surface area contributed by atoms with Gasteiger partial charge in [-0.15, -0.1) is 0 Å². The van der Waals surface area contributed by atoms with Crippen molar-refractivity contribution < 1.29 is 4.79 Å². The van der Waals surface area contributed by atoms with Crippen molar-refractivity contribution in [2.75, 3.05) is 0 Å². The molecule has 0 radical (unpaired) electrons. The Hall–Kier alpha value is -1.89. The molecular weight excluding hydrogens is 214 g/mol. The Balaban J connectivity index is 2.14. The smallest absolute Gasteiger partial charge is 0.254 e. The van der Waals surface area contributed by atoms with E-state index in [0.29, 0.717) is 5.56 Å². The van der Waals surface area contributed by atoms with Gasteiger partial charge in [0.2, 0.25) is 0 Å². The third kappa shape index (κ3) is 2.44. The number of aryl methyl sites for hydroxylation is 1. The quantitative estimate of drug-likeness (QED) is 0.843. The van der Waals surface area contributed by atoms with Gasteiger partial charge in [0, 0.05) is 12.4 Å². The fourth-order valence-electron chi connectivity index (χ4n) is 2.21. The summed E-state index contributed by atoms with van der Waals surface area (Å²) in [6.45, 7) is 1.89. The number of carbonyl (C=O) groups is 1. The molecule has 17 heavy (non-hydrogen) atoms. The highest BCUT2D eigenvalue weighted by Crippen LogP contribution is 2.29. The molecule has 88 valence electrons. The summed E-state index contributed by atoms with van der Waals surface area (Å²) in [6, 6.07) is 4.02. The summed E-state index contributed by atoms with van der Waals surface area (Å²) in [7, 11) is 0. The van der Waals surface area contributed by atoms with E-state index in [4.69, 9.17) is 0 Å². The first-order valence-electron chi connectivity index (χ1n) is 5.81. The average molecular weight is 229 g/mol. The van der Waals surface area contributed by atoms with Gasteiger partial charge in [-0.25, -0.2) is 0 Å². The standard InChI is InChI=1S/C13H15N3O/c1-10-6-11(8-15-7-10)12(17)16-13(9-14)4-2-3-5-13/h6-8H,2-5H2,1H3,(H,16,17). The van der Waals surface area contributed by atoms with Crippen molar-refractivity contribution in [1.29, 1.82) is 5.26 Å². The molecule has 1 amide bonds. The Kier molecular flexibility index (Phi) is 3.10. The van der Waals surface area contributed by atoms with Crippen LogP contribution in [-0.4, -0.2) is 16.4 Å². The van der Waals surface area contributed by atoms with E-state index in [1.165, 1.54) is 6.20 Å². The van der Waals surface area contributed by atoms with Crippen LogP contribution in [0.15, 0.2) is 18.5 Å². The summed E-state index contributed by atoms with van der Waals surface area (Å²) >= 11 is 0. The van der Waals surface area contributed by atoms with Gasteiger partial charge in [0.1, 0.15) is 5.54 Å². The normalized spacial score (nSPS) is 17.4. The third-order valence-corrected chi connectivity index (χ3v) is 3.16. The molecule has 0 saturated heterocycles. The van der Waals surface area contributed by atoms with Gasteiger partial charge in [-0.2, -0.15) is 5.26 Å². The molecule has 0 bridgehead atoms. The zero-order valence-corrected chi connectivity index (χ0v) is 9.86. The average Bonchev–Trinajstić information content (AvgIpc) is 2.78. The molecule has 1 fully saturated rings. The summed E-state index contributed by atoms with van der Waals surface area (Å²) < 4.78 is 0. The minimum absolute atomic E-state index is 0.204. The molecule has 4 heteroatoms. The van der Waals surface area contributed by atoms with Crippen molar-refractivity contribution in [3.8, 4) is 6.07 Å². The van der Waals surface area contributed by atoms with Gasteiger partial charge in [-0.1, -0.05) is 0 Å². The number of hydrogen-bond acceptors (Lipinski definition) is 3. The number of rotatable bonds is 2. The molecule has 4 nitrogen and oxygen atoms in total. The number of amides is 1. The van der Waals surface area contributed by atoms with E-state index in [-0.39, 0.29) is 5.91 Å². The van der Waals surface area contributed by atoms with Crippen LogP contribution in [-0.2, 0) is 0 Å². The predicted octanol–water partition coefficient (Wildman–Crippen LogP) is 1.96. The largest absolute Gasteiger partial charge is 0.334 e. The van der Waals surface area contributed by atoms with Crippen LogP contribution in [0.2, 0.25) is 0 Å². The molecule has 0 atom stereocenters. The molecule has 1 aromatic rings. The second-order valence-electron chi connectivity index (χ2n) is 4.61. The first-order chi connectivity index (χ1) is 8.15. The van der Waals surface area contributed by atoms with Crippen molar-refractivity contribution in [2.45, 2.75) is 38.1 Å². The molecule has 0 aromatic carbocycles. The molecule has 2 rings (SSSR count). The molecular formula is C13H15N3O. The first-order valence-corrected chi connectivity index (χ1v) is 5.81. The highest BCUT2D eigenvalue weighted by Gasteiger charge is 2.35. The second kappa shape index (κ2) is 4.54. The van der Waals surface area contributed by atoms with Crippen molar-refractivity contribution in [3.05, 3.63) is 29.6 Å². The van der Waals surface area contributed by atoms with Gasteiger partial charge in [0.25, 0.3) is 5.91 Å². The van der Waals surface area contributed by atoms with Gasteiger partial charge in [-0.3, -0.25) is 9.78 Å². The Bertz CT molecular complexity index is 470. The minimum atomic E-state index is -0.666. The minimum Gasteiger partial charge on any atom is -0.334 e. The van der Waals surface area contributed by atoms with E-state index in [9.17, 15) is 10.1 Å². The molecule has 0 spiro atoms. The van der Waals surface area contributed by atoms with E-state index < -0.39 is 5.54 Å². The summed E-state index contributed by atoms with van der Waals surface area (Å²) in [4.78, 5) is 16.0. The van der Waals surface area contributed by atoms with Crippen LogP contribution in [0.3, 0.4) is 0 Å². The molecule has 1 aromatic heterocycles. The maximum absolute atomic E-state index is 12.0. The Morgan fingerprint density at radius 2 is 2.18 bits per heavy atom. The van der Waals surface area contributed by atoms with E-state index in [0.717, 1.165) is 31.2 Å². The van der Waals surface area contributed by atoms with Crippen molar-refractivity contribution in [1.82, 2.24) is 10.3 Å². The number of nitrogens with one attached hydrogen (secondary N) is 1. The lowest BCUT2D eigenvalue weighted by Gasteiger charge is -2.21. The van der Waals surface area contributed by atoms with E-state index in [1.807, 2.05) is 6.92 Å². The maximum Gasteiger partial charge on any atom is 0.254 e. The van der Waals surface area contributed by atoms with Crippen LogP contribution in [0.25, 0.3) is 0 Å². The highest BCUT2D eigenvalue weighted by atomic mass is 16.1. The lowest BCUT2D eigenvalue weighted by molar-refractivity contribution is 0.0920. The van der Waals surface area contributed by atoms with Crippen LogP contribution >= 0.6 is 0 Å². The Labute approximate surface area is 101 Å². The van der Waals surface area contributed by atoms with Crippen LogP contribution in [0.4, 0.5) is 0 Å². The Morgan fingerprint density at radius 1 is 1.47 bits per heavy atom. The zero-order chi connectivity index (χ0) is 12.3. The number of pyridine rings is 1. The predicted molar refractivity (Wildman–Crippen MR) is 63.3 cm³/mol. The van der Waals surface area contributed by atoms with Gasteiger partial charge in [-0.05, 0) is 44.2 Å². The molecule has 0 unspecified atom stereocenters. The zero-order valence-electron chi connectivity index (χ0n) is 9.86. The van der Waals surface area contributed by atoms with Gasteiger partial charge >= 0.3 is 0 Å². The van der Waals surface area contributed by atoms with Crippen LogP contribution in [0.1, 0.15) is 41.6 Å². The van der Waals surface area contributed by atoms with E-state index in [2.05, 4.69) is 16.4 Å². The monoisotopic (exact) mass is 229 g/mol. The van der Waals surface area contributed by atoms with Crippen LogP contribution in [0, 0.1) is 18.3 Å². The molecule has 1 heterocycles. The van der Waals surface area contributed by atoms with Gasteiger partial charge < -0.3 is 5.32 Å². The topological polar surface area (TPSA) is 65.8 Å². The summed E-state index contributed by atoms with van der Waals surface area (Å²) in [5.41, 5.74) is 0.794. The fourth-order valence-corrected chi connectivity index (χ4v) is 2.21. The number of hydrogen-bond donors (Lipinski definition) is 1. The molecule has 1 N–H and O–H groups in total. The first kappa shape index (κ1) is 11.6. The molecule has 0 aliphatic heterocycles. The number of carbonyl (C=O) groups excluding carboxylic acids is 1. The second-order valence-corrected chi connectivity index (χ2v) is 4.61. The lowest BCUT2D eigenvalue weighted by atomic mass is 9.99. The molecule has 1 saturated carbocycles. The molecule has 1 aliphatic rings. The fraction of sp³-hybridized carbons (Fsp3) is 0.462. The lowest BCUT2D eigenvalue weighted by Crippen LogP contribution is -2.45. The Morgan fingerprint density at radius 3 is 2.76 bits per heavy atom. The van der Waals surface area contributed by atoms with Gasteiger partial charge in [0.15, 0.2) is 0 Å². The summed E-state index contributed by atoms with van der Waals surface area (Å²) in [5, 5.41) is 12.0. The van der Waals surface area contributed by atoms with Crippen molar-refractivity contribution in [2.24, 2.45) is 0 Å². The maximum atomic E-state index is 12.0. The summed E-state index contributed by atoms with van der Waals surface area (Å²) in [6.07, 6.45) is 6.72. The highest BCUT2D eigenvalue weighted by molar-refractivity contribution is 5.94. The van der Waals surface area contributed by atoms with E-state index >= 15 is 0 Å². The van der Waals surface area contributed by atoms with Crippen molar-refractivity contribution in [3.63, 3.8) is 0 Å². The number of nitrogens with zero attached hydrogens (tertiary/aromatic N) is 2. The number of nitriles is 1. The van der Waals surface area contributed by atoms with E-state index in [1.54, 1.807) is 12.3 Å². The van der Waals surface area contributed by atoms with Gasteiger partial charge in [0.05, 0.1) is 11.6 Å². The summed E-state index contributed by atoms with van der Waals surface area (Å²) in [5.74, 6) is -0.204. The van der Waals surface area contributed by atoms with Crippen LogP contribution < -0.4 is 5.32 Å². The van der Waals surface area contributed by atoms with Crippen molar-refractivity contribution >= 4 is 5.91 Å².